The molecule has 1 aromatic carbocycles. The van der Waals surface area contributed by atoms with Gasteiger partial charge in [0.25, 0.3) is 0 Å². The molecule has 3 rings (SSSR count). The molecule has 0 aliphatic carbocycles. The molecular formula is C19H28F3IN4OS. The molecule has 2 aliphatic heterocycles. The number of nitrogens with zero attached hydrogens (tertiary/aromatic N) is 3. The molecule has 2 fully saturated rings. The molecule has 0 radical (unpaired) electrons. The number of piperazine rings is 1. The number of guanidine groups is 1. The Hall–Kier alpha value is -0.880. The van der Waals surface area contributed by atoms with Crippen molar-refractivity contribution in [2.45, 2.75) is 25.1 Å². The molecular weight excluding hydrogens is 516 g/mol. The first-order valence-corrected chi connectivity index (χ1v) is 10.7. The van der Waals surface area contributed by atoms with Gasteiger partial charge < -0.3 is 20.2 Å². The van der Waals surface area contributed by atoms with E-state index in [0.717, 1.165) is 30.7 Å². The van der Waals surface area contributed by atoms with Crippen molar-refractivity contribution in [3.63, 3.8) is 0 Å². The van der Waals surface area contributed by atoms with Gasteiger partial charge in [0.1, 0.15) is 0 Å². The van der Waals surface area contributed by atoms with Crippen LogP contribution in [0.25, 0.3) is 0 Å². The van der Waals surface area contributed by atoms with Gasteiger partial charge in [-0.1, -0.05) is 6.07 Å². The Morgan fingerprint density at radius 3 is 2.59 bits per heavy atom. The molecule has 1 aromatic rings. The molecule has 1 unspecified atom stereocenters. The van der Waals surface area contributed by atoms with Crippen LogP contribution >= 0.6 is 35.7 Å². The fourth-order valence-electron chi connectivity index (χ4n) is 3.42. The molecule has 2 N–H and O–H groups in total. The zero-order chi connectivity index (χ0) is 20.2. The standard InChI is InChI=1S/C19H27F3N4OS.HI/c1-2-23-17(24-13-18(27)6-11-28-14-18)26-9-7-25(8-10-26)16-5-3-4-15(12-16)19(20,21)22;/h3-5,12,27H,2,6-11,13-14H2,1H3,(H,23,24);1H. The van der Waals surface area contributed by atoms with Crippen LogP contribution in [-0.4, -0.2) is 72.3 Å². The first-order valence-electron chi connectivity index (χ1n) is 9.56. The SMILES string of the molecule is CCNC(=NCC1(O)CCSC1)N1CCN(c2cccc(C(F)(F)F)c2)CC1.I. The predicted molar refractivity (Wildman–Crippen MR) is 124 cm³/mol. The molecule has 0 aromatic heterocycles. The van der Waals surface area contributed by atoms with Crippen molar-refractivity contribution in [3.05, 3.63) is 29.8 Å². The Morgan fingerprint density at radius 2 is 2.00 bits per heavy atom. The van der Waals surface area contributed by atoms with E-state index in [2.05, 4.69) is 15.2 Å². The average Bonchev–Trinajstić information content (AvgIpc) is 3.11. The van der Waals surface area contributed by atoms with Crippen LogP contribution in [0.1, 0.15) is 18.9 Å². The van der Waals surface area contributed by atoms with Crippen LogP contribution < -0.4 is 10.2 Å². The van der Waals surface area contributed by atoms with Crippen molar-refractivity contribution in [1.29, 1.82) is 0 Å². The van der Waals surface area contributed by atoms with Gasteiger partial charge in [0.05, 0.1) is 17.7 Å². The fraction of sp³-hybridized carbons (Fsp3) is 0.632. The second kappa shape index (κ2) is 10.4. The highest BCUT2D eigenvalue weighted by atomic mass is 127. The summed E-state index contributed by atoms with van der Waals surface area (Å²) in [6.45, 7) is 5.65. The molecule has 10 heteroatoms. The predicted octanol–water partition coefficient (Wildman–Crippen LogP) is 3.28. The Kier molecular flexibility index (Phi) is 8.77. The van der Waals surface area contributed by atoms with Gasteiger partial charge in [-0.25, -0.2) is 0 Å². The van der Waals surface area contributed by atoms with Gasteiger partial charge in [0.2, 0.25) is 0 Å². The maximum Gasteiger partial charge on any atom is 0.416 e. The molecule has 164 valence electrons. The van der Waals surface area contributed by atoms with Crippen molar-refractivity contribution >= 4 is 47.4 Å². The van der Waals surface area contributed by atoms with Gasteiger partial charge in [-0.15, -0.1) is 24.0 Å². The second-order valence-corrected chi connectivity index (χ2v) is 8.32. The molecule has 0 amide bonds. The van der Waals surface area contributed by atoms with Gasteiger partial charge in [-0.2, -0.15) is 24.9 Å². The third-order valence-corrected chi connectivity index (χ3v) is 6.29. The summed E-state index contributed by atoms with van der Waals surface area (Å²) in [5.41, 5.74) is -0.760. The quantitative estimate of drug-likeness (QED) is 0.347. The van der Waals surface area contributed by atoms with Gasteiger partial charge >= 0.3 is 6.18 Å². The summed E-state index contributed by atoms with van der Waals surface area (Å²) in [7, 11) is 0. The van der Waals surface area contributed by atoms with Crippen molar-refractivity contribution in [2.24, 2.45) is 4.99 Å². The maximum atomic E-state index is 13.0. The number of aliphatic hydroxyl groups is 1. The Labute approximate surface area is 191 Å². The van der Waals surface area contributed by atoms with Gasteiger partial charge in [0, 0.05) is 44.2 Å². The number of aliphatic imine (C=N–C) groups is 1. The van der Waals surface area contributed by atoms with Gasteiger partial charge in [-0.3, -0.25) is 4.99 Å². The molecule has 0 bridgehead atoms. The van der Waals surface area contributed by atoms with Gasteiger partial charge in [-0.05, 0) is 37.3 Å². The number of anilines is 1. The zero-order valence-electron chi connectivity index (χ0n) is 16.4. The molecule has 0 saturated carbocycles. The lowest BCUT2D eigenvalue weighted by Gasteiger charge is -2.38. The molecule has 2 heterocycles. The lowest BCUT2D eigenvalue weighted by molar-refractivity contribution is -0.137. The normalized spacial score (nSPS) is 23.1. The van der Waals surface area contributed by atoms with E-state index < -0.39 is 17.3 Å². The highest BCUT2D eigenvalue weighted by Gasteiger charge is 2.33. The Morgan fingerprint density at radius 1 is 1.28 bits per heavy atom. The van der Waals surface area contributed by atoms with Crippen LogP contribution in [0, 0.1) is 0 Å². The lowest BCUT2D eigenvalue weighted by Crippen LogP contribution is -2.53. The zero-order valence-corrected chi connectivity index (χ0v) is 19.6. The first-order chi connectivity index (χ1) is 13.3. The van der Waals surface area contributed by atoms with E-state index >= 15 is 0 Å². The third-order valence-electron chi connectivity index (χ3n) is 5.06. The summed E-state index contributed by atoms with van der Waals surface area (Å²) in [6, 6.07) is 5.48. The summed E-state index contributed by atoms with van der Waals surface area (Å²) in [6.07, 6.45) is -3.58. The van der Waals surface area contributed by atoms with E-state index in [1.807, 2.05) is 11.8 Å². The van der Waals surface area contributed by atoms with Gasteiger partial charge in [0.15, 0.2) is 5.96 Å². The molecule has 2 saturated heterocycles. The number of nitrogens with one attached hydrogen (secondary N) is 1. The lowest BCUT2D eigenvalue weighted by atomic mass is 10.0. The summed E-state index contributed by atoms with van der Waals surface area (Å²) >= 11 is 1.74. The topological polar surface area (TPSA) is 51.1 Å². The minimum atomic E-state index is -4.33. The molecule has 1 atom stereocenters. The number of alkyl halides is 3. The maximum absolute atomic E-state index is 13.0. The minimum Gasteiger partial charge on any atom is -0.387 e. The van der Waals surface area contributed by atoms with E-state index in [-0.39, 0.29) is 24.0 Å². The third kappa shape index (κ3) is 6.55. The van der Waals surface area contributed by atoms with Crippen LogP contribution in [0.2, 0.25) is 0 Å². The number of halogens is 4. The number of hydrogen-bond acceptors (Lipinski definition) is 4. The first kappa shape index (κ1) is 24.4. The number of hydrogen-bond donors (Lipinski definition) is 2. The van der Waals surface area contributed by atoms with E-state index in [1.165, 1.54) is 12.1 Å². The number of thioether (sulfide) groups is 1. The van der Waals surface area contributed by atoms with Crippen LogP contribution in [-0.2, 0) is 6.18 Å². The summed E-state index contributed by atoms with van der Waals surface area (Å²) in [4.78, 5) is 8.71. The number of benzene rings is 1. The minimum absolute atomic E-state index is 0. The fourth-order valence-corrected chi connectivity index (χ4v) is 4.71. The smallest absolute Gasteiger partial charge is 0.387 e. The Balaban J connectivity index is 0.00000300. The Bertz CT molecular complexity index is 690. The summed E-state index contributed by atoms with van der Waals surface area (Å²) in [5.74, 6) is 2.42. The van der Waals surface area contributed by atoms with E-state index in [9.17, 15) is 18.3 Å². The largest absolute Gasteiger partial charge is 0.416 e. The van der Waals surface area contributed by atoms with E-state index in [0.29, 0.717) is 44.2 Å². The van der Waals surface area contributed by atoms with Crippen molar-refractivity contribution < 1.29 is 18.3 Å². The average molecular weight is 544 g/mol. The molecule has 29 heavy (non-hydrogen) atoms. The van der Waals surface area contributed by atoms with Crippen LogP contribution in [0.3, 0.4) is 0 Å². The summed E-state index contributed by atoms with van der Waals surface area (Å²) < 4.78 is 38.9. The summed E-state index contributed by atoms with van der Waals surface area (Å²) in [5, 5.41) is 13.8. The molecule has 5 nitrogen and oxygen atoms in total. The van der Waals surface area contributed by atoms with Crippen LogP contribution in [0.15, 0.2) is 29.3 Å². The van der Waals surface area contributed by atoms with Crippen molar-refractivity contribution in [3.8, 4) is 0 Å². The van der Waals surface area contributed by atoms with Crippen molar-refractivity contribution in [2.75, 3.05) is 55.7 Å². The van der Waals surface area contributed by atoms with E-state index in [1.54, 1.807) is 17.8 Å². The van der Waals surface area contributed by atoms with Crippen molar-refractivity contribution in [1.82, 2.24) is 10.2 Å². The highest BCUT2D eigenvalue weighted by Crippen LogP contribution is 2.32. The highest BCUT2D eigenvalue weighted by molar-refractivity contribution is 14.0. The molecule has 2 aliphatic rings. The van der Waals surface area contributed by atoms with Crippen LogP contribution in [0.4, 0.5) is 18.9 Å². The van der Waals surface area contributed by atoms with E-state index in [4.69, 9.17) is 0 Å². The second-order valence-electron chi connectivity index (χ2n) is 7.22. The van der Waals surface area contributed by atoms with Crippen LogP contribution in [0.5, 0.6) is 0 Å². The molecule has 0 spiro atoms. The monoisotopic (exact) mass is 544 g/mol. The number of rotatable bonds is 4.